The van der Waals surface area contributed by atoms with Crippen molar-refractivity contribution in [3.8, 4) is 0 Å². The van der Waals surface area contributed by atoms with E-state index in [4.69, 9.17) is 23.2 Å². The molecule has 0 aliphatic carbocycles. The molecule has 0 amide bonds. The maximum Gasteiger partial charge on any atom is 0.101 e. The highest BCUT2D eigenvalue weighted by molar-refractivity contribution is 6.90. The third-order valence-corrected chi connectivity index (χ3v) is 7.95. The maximum atomic E-state index is 11.0. The Kier molecular flexibility index (Phi) is 5.15. The van der Waals surface area contributed by atoms with Crippen molar-refractivity contribution in [3.63, 3.8) is 0 Å². The molecule has 0 spiro atoms. The number of rotatable bonds is 5. The predicted molar refractivity (Wildman–Crippen MR) is 94.4 cm³/mol. The van der Waals surface area contributed by atoms with Gasteiger partial charge < -0.3 is 5.11 Å². The average Bonchev–Trinajstić information content (AvgIpc) is 2.48. The zero-order chi connectivity index (χ0) is 15.5. The molecule has 1 unspecified atom stereocenters. The lowest BCUT2D eigenvalue weighted by Gasteiger charge is -2.34. The standard InChI is InChI=1S/C17H20Cl2OSi/c1-21(2,16-6-4-3-5-7-16)13-17(20,12-18)14-8-10-15(19)11-9-14/h3-11,20H,12-13H2,1-2H3. The van der Waals surface area contributed by atoms with E-state index in [9.17, 15) is 5.11 Å². The smallest absolute Gasteiger partial charge is 0.101 e. The van der Waals surface area contributed by atoms with Gasteiger partial charge in [0.1, 0.15) is 5.60 Å². The number of alkyl halides is 1. The van der Waals surface area contributed by atoms with Crippen LogP contribution in [0.1, 0.15) is 5.56 Å². The Morgan fingerprint density at radius 2 is 1.57 bits per heavy atom. The Balaban J connectivity index is 2.31. The van der Waals surface area contributed by atoms with Crippen molar-refractivity contribution in [3.05, 3.63) is 65.2 Å². The van der Waals surface area contributed by atoms with Crippen LogP contribution in [-0.4, -0.2) is 19.1 Å². The van der Waals surface area contributed by atoms with Crippen molar-refractivity contribution in [1.29, 1.82) is 0 Å². The van der Waals surface area contributed by atoms with Crippen LogP contribution in [0.3, 0.4) is 0 Å². The lowest BCUT2D eigenvalue weighted by molar-refractivity contribution is 0.0811. The highest BCUT2D eigenvalue weighted by Gasteiger charge is 2.37. The average molecular weight is 339 g/mol. The second kappa shape index (κ2) is 6.53. The van der Waals surface area contributed by atoms with E-state index >= 15 is 0 Å². The van der Waals surface area contributed by atoms with Crippen LogP contribution in [0.15, 0.2) is 54.6 Å². The van der Waals surface area contributed by atoms with Gasteiger partial charge in [-0.1, -0.05) is 72.3 Å². The van der Waals surface area contributed by atoms with Gasteiger partial charge in [0, 0.05) is 5.02 Å². The van der Waals surface area contributed by atoms with Crippen molar-refractivity contribution in [1.82, 2.24) is 0 Å². The monoisotopic (exact) mass is 338 g/mol. The summed E-state index contributed by atoms with van der Waals surface area (Å²) in [4.78, 5) is 0. The Hall–Kier alpha value is -0.803. The minimum atomic E-state index is -1.80. The topological polar surface area (TPSA) is 20.2 Å². The van der Waals surface area contributed by atoms with Crippen molar-refractivity contribution in [2.75, 3.05) is 5.88 Å². The molecule has 112 valence electrons. The van der Waals surface area contributed by atoms with E-state index in [1.165, 1.54) is 5.19 Å². The third kappa shape index (κ3) is 3.89. The lowest BCUT2D eigenvalue weighted by Crippen LogP contribution is -2.48. The molecule has 0 bridgehead atoms. The van der Waals surface area contributed by atoms with Gasteiger partial charge in [-0.2, -0.15) is 0 Å². The van der Waals surface area contributed by atoms with Gasteiger partial charge in [0.15, 0.2) is 0 Å². The molecule has 0 aliphatic rings. The number of benzene rings is 2. The van der Waals surface area contributed by atoms with Crippen LogP contribution in [-0.2, 0) is 5.60 Å². The van der Waals surface area contributed by atoms with E-state index in [-0.39, 0.29) is 5.88 Å². The molecule has 21 heavy (non-hydrogen) atoms. The first-order valence-electron chi connectivity index (χ1n) is 6.97. The molecule has 2 aromatic carbocycles. The summed E-state index contributed by atoms with van der Waals surface area (Å²) < 4.78 is 0. The molecule has 1 atom stereocenters. The van der Waals surface area contributed by atoms with Gasteiger partial charge in [0.2, 0.25) is 0 Å². The highest BCUT2D eigenvalue weighted by Crippen LogP contribution is 2.33. The van der Waals surface area contributed by atoms with Crippen LogP contribution in [0.25, 0.3) is 0 Å². The summed E-state index contributed by atoms with van der Waals surface area (Å²) in [5.74, 6) is 0.178. The fourth-order valence-electron chi connectivity index (χ4n) is 2.71. The van der Waals surface area contributed by atoms with Crippen LogP contribution < -0.4 is 5.19 Å². The summed E-state index contributed by atoms with van der Waals surface area (Å²) in [5, 5.41) is 13.0. The van der Waals surface area contributed by atoms with Gasteiger partial charge in [-0.25, -0.2) is 0 Å². The molecule has 0 fully saturated rings. The Morgan fingerprint density at radius 1 is 1.00 bits per heavy atom. The van der Waals surface area contributed by atoms with Crippen LogP contribution >= 0.6 is 23.2 Å². The SMILES string of the molecule is C[Si](C)(CC(O)(CCl)c1ccc(Cl)cc1)c1ccccc1. The molecule has 4 heteroatoms. The summed E-state index contributed by atoms with van der Waals surface area (Å²) in [7, 11) is -1.80. The minimum absolute atomic E-state index is 0.178. The molecular weight excluding hydrogens is 319 g/mol. The zero-order valence-electron chi connectivity index (χ0n) is 12.3. The van der Waals surface area contributed by atoms with E-state index in [2.05, 4.69) is 25.2 Å². The van der Waals surface area contributed by atoms with Crippen LogP contribution in [0.2, 0.25) is 24.2 Å². The van der Waals surface area contributed by atoms with Gasteiger partial charge in [-0.3, -0.25) is 0 Å². The van der Waals surface area contributed by atoms with E-state index in [0.29, 0.717) is 11.1 Å². The fourth-order valence-corrected chi connectivity index (χ4v) is 6.33. The molecule has 2 rings (SSSR count). The number of hydrogen-bond acceptors (Lipinski definition) is 1. The Morgan fingerprint density at radius 3 is 2.10 bits per heavy atom. The molecule has 1 nitrogen and oxygen atoms in total. The molecular formula is C17H20Cl2OSi. The van der Waals surface area contributed by atoms with E-state index in [0.717, 1.165) is 5.56 Å². The second-order valence-corrected chi connectivity index (χ2v) is 11.5. The fraction of sp³-hybridized carbons (Fsp3) is 0.294. The number of aliphatic hydroxyl groups is 1. The first-order valence-corrected chi connectivity index (χ1v) is 11.1. The molecule has 0 radical (unpaired) electrons. The van der Waals surface area contributed by atoms with E-state index in [1.807, 2.05) is 30.3 Å². The van der Waals surface area contributed by atoms with Crippen LogP contribution in [0, 0.1) is 0 Å². The number of hydrogen-bond donors (Lipinski definition) is 1. The molecule has 0 aliphatic heterocycles. The molecule has 2 aromatic rings. The summed E-state index contributed by atoms with van der Waals surface area (Å²) in [6, 6.07) is 18.4. The molecule has 0 saturated heterocycles. The summed E-state index contributed by atoms with van der Waals surface area (Å²) in [5.41, 5.74) is -0.184. The van der Waals surface area contributed by atoms with Crippen molar-refractivity contribution < 1.29 is 5.11 Å². The predicted octanol–water partition coefficient (Wildman–Crippen LogP) is 4.38. The van der Waals surface area contributed by atoms with Gasteiger partial charge in [-0.15, -0.1) is 11.6 Å². The van der Waals surface area contributed by atoms with Crippen molar-refractivity contribution in [2.45, 2.75) is 24.7 Å². The molecule has 0 heterocycles. The highest BCUT2D eigenvalue weighted by atomic mass is 35.5. The summed E-state index contributed by atoms with van der Waals surface area (Å²) in [6.45, 7) is 4.52. The first kappa shape index (κ1) is 16.6. The maximum absolute atomic E-state index is 11.0. The zero-order valence-corrected chi connectivity index (χ0v) is 14.8. The second-order valence-electron chi connectivity index (χ2n) is 6.10. The molecule has 1 N–H and O–H groups in total. The summed E-state index contributed by atoms with van der Waals surface area (Å²) >= 11 is 12.0. The van der Waals surface area contributed by atoms with Gasteiger partial charge in [0.25, 0.3) is 0 Å². The van der Waals surface area contributed by atoms with Crippen LogP contribution in [0.4, 0.5) is 0 Å². The Labute approximate surface area is 137 Å². The normalized spacial score (nSPS) is 14.7. The quantitative estimate of drug-likeness (QED) is 0.633. The van der Waals surface area contributed by atoms with Gasteiger partial charge >= 0.3 is 0 Å². The number of halogens is 2. The van der Waals surface area contributed by atoms with Gasteiger partial charge in [0.05, 0.1) is 14.0 Å². The molecule has 0 saturated carbocycles. The largest absolute Gasteiger partial charge is 0.384 e. The van der Waals surface area contributed by atoms with Crippen molar-refractivity contribution in [2.24, 2.45) is 0 Å². The molecule has 0 aromatic heterocycles. The Bertz CT molecular complexity index is 583. The first-order chi connectivity index (χ1) is 9.87. The van der Waals surface area contributed by atoms with Crippen molar-refractivity contribution >= 4 is 36.5 Å². The lowest BCUT2D eigenvalue weighted by atomic mass is 9.98. The van der Waals surface area contributed by atoms with E-state index < -0.39 is 13.7 Å². The third-order valence-electron chi connectivity index (χ3n) is 3.89. The van der Waals surface area contributed by atoms with Crippen LogP contribution in [0.5, 0.6) is 0 Å². The van der Waals surface area contributed by atoms with E-state index in [1.54, 1.807) is 12.1 Å². The summed E-state index contributed by atoms with van der Waals surface area (Å²) in [6.07, 6.45) is 0. The van der Waals surface area contributed by atoms with Gasteiger partial charge in [-0.05, 0) is 23.7 Å². The minimum Gasteiger partial charge on any atom is -0.384 e.